The minimum Gasteiger partial charge on any atom is -0.446 e. The topological polar surface area (TPSA) is 29.5 Å². The molecule has 0 bridgehead atoms. The summed E-state index contributed by atoms with van der Waals surface area (Å²) in [6, 6.07) is 0.424. The molecule has 3 nitrogen and oxygen atoms in total. The number of nitrogens with zero attached hydrogens (tertiary/aromatic N) is 1. The first-order valence-electron chi connectivity index (χ1n) is 5.56. The molecule has 0 rings (SSSR count). The van der Waals surface area contributed by atoms with Gasteiger partial charge in [-0.1, -0.05) is 26.8 Å². The number of carbonyl (C=O) groups excluding carboxylic acids is 1. The van der Waals surface area contributed by atoms with Crippen molar-refractivity contribution < 1.29 is 9.53 Å². The average Bonchev–Trinajstić information content (AvgIpc) is 2.18. The van der Waals surface area contributed by atoms with Gasteiger partial charge in [0.1, 0.15) is 6.73 Å². The van der Waals surface area contributed by atoms with Crippen molar-refractivity contribution in [3.8, 4) is 0 Å². The largest absolute Gasteiger partial charge is 0.446 e. The van der Waals surface area contributed by atoms with Gasteiger partial charge in [-0.15, -0.1) is 0 Å². The second kappa shape index (κ2) is 7.46. The first-order chi connectivity index (χ1) is 7.02. The molecular formula is C12H23NO2. The molecule has 0 N–H and O–H groups in total. The summed E-state index contributed by atoms with van der Waals surface area (Å²) in [7, 11) is 0. The number of hydrogen-bond donors (Lipinski definition) is 0. The lowest BCUT2D eigenvalue weighted by atomic mass is 10.1. The maximum Gasteiger partial charge on any atom is 0.331 e. The van der Waals surface area contributed by atoms with Crippen LogP contribution in [0, 0.1) is 5.92 Å². The predicted molar refractivity (Wildman–Crippen MR) is 62.5 cm³/mol. The Kier molecular flexibility index (Phi) is 7.05. The van der Waals surface area contributed by atoms with E-state index in [0.717, 1.165) is 6.54 Å². The Morgan fingerprint density at radius 3 is 2.40 bits per heavy atom. The first-order valence-corrected chi connectivity index (χ1v) is 5.56. The zero-order chi connectivity index (χ0) is 11.8. The van der Waals surface area contributed by atoms with Crippen LogP contribution in [0.2, 0.25) is 0 Å². The molecule has 15 heavy (non-hydrogen) atoms. The maximum absolute atomic E-state index is 11.1. The summed E-state index contributed by atoms with van der Waals surface area (Å²) in [6.45, 7) is 11.6. The summed E-state index contributed by atoms with van der Waals surface area (Å²) in [6.07, 6.45) is 3.12. The predicted octanol–water partition coefficient (Wildman–Crippen LogP) is 2.43. The fourth-order valence-corrected chi connectivity index (χ4v) is 1.25. The lowest BCUT2D eigenvalue weighted by Gasteiger charge is -2.29. The molecular weight excluding hydrogens is 190 g/mol. The minimum atomic E-state index is -0.271. The van der Waals surface area contributed by atoms with Crippen molar-refractivity contribution in [2.24, 2.45) is 5.92 Å². The molecule has 0 heterocycles. The van der Waals surface area contributed by atoms with E-state index in [2.05, 4.69) is 32.6 Å². The fourth-order valence-electron chi connectivity index (χ4n) is 1.25. The quantitative estimate of drug-likeness (QED) is 0.385. The number of esters is 1. The molecule has 0 aromatic rings. The summed E-state index contributed by atoms with van der Waals surface area (Å²) in [4.78, 5) is 13.3. The van der Waals surface area contributed by atoms with Gasteiger partial charge in [-0.05, 0) is 26.3 Å². The van der Waals surface area contributed by atoms with Crippen molar-refractivity contribution in [1.82, 2.24) is 4.90 Å². The third-order valence-corrected chi connectivity index (χ3v) is 2.62. The molecule has 3 heteroatoms. The Labute approximate surface area is 93.1 Å². The molecule has 0 aliphatic rings. The molecule has 88 valence electrons. The highest BCUT2D eigenvalue weighted by molar-refractivity contribution is 5.81. The van der Waals surface area contributed by atoms with Gasteiger partial charge in [-0.3, -0.25) is 4.90 Å². The van der Waals surface area contributed by atoms with Gasteiger partial charge >= 0.3 is 5.97 Å². The molecule has 0 aromatic carbocycles. The maximum atomic E-state index is 11.1. The van der Waals surface area contributed by atoms with Crippen molar-refractivity contribution in [2.75, 3.05) is 13.3 Å². The van der Waals surface area contributed by atoms with Crippen LogP contribution < -0.4 is 0 Å². The molecule has 0 spiro atoms. The molecule has 0 radical (unpaired) electrons. The van der Waals surface area contributed by atoms with Gasteiger partial charge in [-0.25, -0.2) is 4.79 Å². The van der Waals surface area contributed by atoms with Crippen LogP contribution in [0.1, 0.15) is 34.6 Å². The van der Waals surface area contributed by atoms with E-state index in [1.807, 2.05) is 0 Å². The molecule has 0 amide bonds. The Morgan fingerprint density at radius 1 is 1.40 bits per heavy atom. The van der Waals surface area contributed by atoms with Gasteiger partial charge in [0.25, 0.3) is 0 Å². The fraction of sp³-hybridized carbons (Fsp3) is 0.750. The van der Waals surface area contributed by atoms with Crippen LogP contribution in [0.25, 0.3) is 0 Å². The standard InChI is InChI=1S/C12H23NO2/c1-6-8-12(14)15-9-13(7-2)11(5)10(3)4/h6,8,10-11H,7,9H2,1-5H3/b8-6-. The second-order valence-electron chi connectivity index (χ2n) is 3.98. The van der Waals surface area contributed by atoms with Crippen LogP contribution in [-0.4, -0.2) is 30.2 Å². The highest BCUT2D eigenvalue weighted by Crippen LogP contribution is 2.09. The van der Waals surface area contributed by atoms with Crippen molar-refractivity contribution in [3.05, 3.63) is 12.2 Å². The van der Waals surface area contributed by atoms with E-state index in [9.17, 15) is 4.79 Å². The molecule has 1 unspecified atom stereocenters. The van der Waals surface area contributed by atoms with Crippen molar-refractivity contribution in [2.45, 2.75) is 40.7 Å². The van der Waals surface area contributed by atoms with Gasteiger partial charge in [-0.2, -0.15) is 0 Å². The third kappa shape index (κ3) is 5.57. The van der Waals surface area contributed by atoms with E-state index < -0.39 is 0 Å². The lowest BCUT2D eigenvalue weighted by Crippen LogP contribution is -2.38. The number of hydrogen-bond acceptors (Lipinski definition) is 3. The van der Waals surface area contributed by atoms with Gasteiger partial charge in [0.2, 0.25) is 0 Å². The summed E-state index contributed by atoms with van der Waals surface area (Å²) in [5, 5.41) is 0. The molecule has 0 aliphatic carbocycles. The number of allylic oxidation sites excluding steroid dienone is 1. The SMILES string of the molecule is C/C=C\C(=O)OCN(CC)C(C)C(C)C. The smallest absolute Gasteiger partial charge is 0.331 e. The van der Waals surface area contributed by atoms with E-state index in [1.54, 1.807) is 13.0 Å². The number of carbonyl (C=O) groups is 1. The zero-order valence-electron chi connectivity index (χ0n) is 10.5. The monoisotopic (exact) mass is 213 g/mol. The van der Waals surface area contributed by atoms with Gasteiger partial charge in [0, 0.05) is 12.1 Å². The van der Waals surface area contributed by atoms with E-state index in [-0.39, 0.29) is 5.97 Å². The number of ether oxygens (including phenoxy) is 1. The van der Waals surface area contributed by atoms with E-state index in [4.69, 9.17) is 4.74 Å². The van der Waals surface area contributed by atoms with Crippen LogP contribution in [0.4, 0.5) is 0 Å². The average molecular weight is 213 g/mol. The van der Waals surface area contributed by atoms with Crippen LogP contribution >= 0.6 is 0 Å². The van der Waals surface area contributed by atoms with Gasteiger partial charge < -0.3 is 4.74 Å². The summed E-state index contributed by atoms with van der Waals surface area (Å²) >= 11 is 0. The highest BCUT2D eigenvalue weighted by atomic mass is 16.5. The van der Waals surface area contributed by atoms with Crippen molar-refractivity contribution in [1.29, 1.82) is 0 Å². The van der Waals surface area contributed by atoms with E-state index in [0.29, 0.717) is 18.7 Å². The van der Waals surface area contributed by atoms with Gasteiger partial charge in [0.15, 0.2) is 0 Å². The summed E-state index contributed by atoms with van der Waals surface area (Å²) < 4.78 is 5.11. The van der Waals surface area contributed by atoms with Crippen LogP contribution in [0.15, 0.2) is 12.2 Å². The summed E-state index contributed by atoms with van der Waals surface area (Å²) in [5.74, 6) is 0.289. The second-order valence-corrected chi connectivity index (χ2v) is 3.98. The lowest BCUT2D eigenvalue weighted by molar-refractivity contribution is -0.143. The van der Waals surface area contributed by atoms with Crippen molar-refractivity contribution >= 4 is 5.97 Å². The van der Waals surface area contributed by atoms with E-state index in [1.165, 1.54) is 6.08 Å². The molecule has 1 atom stereocenters. The Morgan fingerprint density at radius 2 is 2.00 bits per heavy atom. The van der Waals surface area contributed by atoms with Crippen LogP contribution in [-0.2, 0) is 9.53 Å². The third-order valence-electron chi connectivity index (χ3n) is 2.62. The van der Waals surface area contributed by atoms with Gasteiger partial charge in [0.05, 0.1) is 0 Å². The highest BCUT2D eigenvalue weighted by Gasteiger charge is 2.16. The molecule has 0 aliphatic heterocycles. The zero-order valence-corrected chi connectivity index (χ0v) is 10.5. The van der Waals surface area contributed by atoms with Crippen molar-refractivity contribution in [3.63, 3.8) is 0 Å². The molecule has 0 fully saturated rings. The molecule has 0 saturated carbocycles. The first kappa shape index (κ1) is 14.2. The summed E-state index contributed by atoms with van der Waals surface area (Å²) in [5.41, 5.74) is 0. The minimum absolute atomic E-state index is 0.271. The van der Waals surface area contributed by atoms with E-state index >= 15 is 0 Å². The van der Waals surface area contributed by atoms with Crippen LogP contribution in [0.3, 0.4) is 0 Å². The van der Waals surface area contributed by atoms with Crippen LogP contribution in [0.5, 0.6) is 0 Å². The molecule has 0 saturated heterocycles. The Hall–Kier alpha value is -0.830. The molecule has 0 aromatic heterocycles. The Balaban J connectivity index is 4.05. The number of rotatable bonds is 6. The Bertz CT molecular complexity index is 212. The normalized spacial score (nSPS) is 13.8.